The summed E-state index contributed by atoms with van der Waals surface area (Å²) in [6, 6.07) is 6.56. The number of hydrogen-bond donors (Lipinski definition) is 1. The van der Waals surface area contributed by atoms with Crippen LogP contribution in [0.15, 0.2) is 24.3 Å². The van der Waals surface area contributed by atoms with Crippen molar-refractivity contribution in [2.75, 3.05) is 0 Å². The third-order valence-electron chi connectivity index (χ3n) is 4.75. The molecule has 2 aliphatic carbocycles. The molecule has 2 saturated carbocycles. The molecule has 0 amide bonds. The minimum absolute atomic E-state index is 0.145. The van der Waals surface area contributed by atoms with Gasteiger partial charge in [0.1, 0.15) is 5.75 Å². The molecule has 2 nitrogen and oxygen atoms in total. The van der Waals surface area contributed by atoms with Crippen LogP contribution in [0.4, 0.5) is 13.2 Å². The summed E-state index contributed by atoms with van der Waals surface area (Å²) in [7, 11) is 0. The van der Waals surface area contributed by atoms with Crippen molar-refractivity contribution in [2.24, 2.45) is 17.6 Å². The summed E-state index contributed by atoms with van der Waals surface area (Å²) in [5.74, 6) is 2.02. The quantitative estimate of drug-likeness (QED) is 0.914. The molecule has 3 rings (SSSR count). The van der Waals surface area contributed by atoms with Crippen LogP contribution in [0, 0.1) is 17.8 Å². The van der Waals surface area contributed by atoms with E-state index in [2.05, 4.69) is 4.74 Å². The number of halogens is 3. The zero-order valence-electron chi connectivity index (χ0n) is 11.7. The van der Waals surface area contributed by atoms with Crippen LogP contribution in [-0.4, -0.2) is 12.4 Å². The summed E-state index contributed by atoms with van der Waals surface area (Å²) >= 11 is 0. The fraction of sp³-hybridized carbons (Fsp3) is 0.562. The van der Waals surface area contributed by atoms with E-state index in [1.807, 2.05) is 6.07 Å². The van der Waals surface area contributed by atoms with Crippen LogP contribution in [0.25, 0.3) is 0 Å². The van der Waals surface area contributed by atoms with Gasteiger partial charge in [0.2, 0.25) is 0 Å². The van der Waals surface area contributed by atoms with Crippen molar-refractivity contribution in [1.82, 2.24) is 0 Å². The minimum Gasteiger partial charge on any atom is -0.406 e. The summed E-state index contributed by atoms with van der Waals surface area (Å²) in [5.41, 5.74) is 7.02. The normalized spacial score (nSPS) is 30.2. The molecule has 5 heteroatoms. The van der Waals surface area contributed by atoms with E-state index in [-0.39, 0.29) is 11.8 Å². The van der Waals surface area contributed by atoms with E-state index >= 15 is 0 Å². The molecule has 0 bridgehead atoms. The fourth-order valence-electron chi connectivity index (χ4n) is 3.70. The van der Waals surface area contributed by atoms with Gasteiger partial charge in [-0.3, -0.25) is 0 Å². The van der Waals surface area contributed by atoms with E-state index in [0.29, 0.717) is 11.8 Å². The average Bonchev–Trinajstić information content (AvgIpc) is 2.72. The Balaban J connectivity index is 1.73. The lowest BCUT2D eigenvalue weighted by atomic mass is 9.63. The summed E-state index contributed by atoms with van der Waals surface area (Å²) in [6.45, 7) is 0. The SMILES string of the molecule is NC1CCCC1C1CC[C]1c1cccc(OC(F)(F)F)c1. The number of ether oxygens (including phenoxy) is 1. The van der Waals surface area contributed by atoms with Gasteiger partial charge in [-0.15, -0.1) is 13.2 Å². The highest BCUT2D eigenvalue weighted by molar-refractivity contribution is 5.41. The molecule has 0 spiro atoms. The van der Waals surface area contributed by atoms with Gasteiger partial charge in [-0.25, -0.2) is 0 Å². The number of benzene rings is 1. The number of rotatable bonds is 3. The van der Waals surface area contributed by atoms with Gasteiger partial charge in [-0.05, 0) is 55.2 Å². The first-order chi connectivity index (χ1) is 9.94. The zero-order chi connectivity index (χ0) is 15.0. The number of hydrogen-bond acceptors (Lipinski definition) is 2. The molecule has 1 radical (unpaired) electrons. The summed E-state index contributed by atoms with van der Waals surface area (Å²) in [4.78, 5) is 0. The second kappa shape index (κ2) is 5.52. The van der Waals surface area contributed by atoms with Gasteiger partial charge in [0.25, 0.3) is 0 Å². The highest BCUT2D eigenvalue weighted by Crippen LogP contribution is 2.50. The lowest BCUT2D eigenvalue weighted by Crippen LogP contribution is -2.38. The second-order valence-corrected chi connectivity index (χ2v) is 6.00. The Hall–Kier alpha value is -1.23. The average molecular weight is 298 g/mol. The van der Waals surface area contributed by atoms with Crippen molar-refractivity contribution < 1.29 is 17.9 Å². The predicted octanol–water partition coefficient (Wildman–Crippen LogP) is 4.05. The van der Waals surface area contributed by atoms with Gasteiger partial charge in [0.15, 0.2) is 0 Å². The molecule has 0 aromatic heterocycles. The molecular weight excluding hydrogens is 279 g/mol. The van der Waals surface area contributed by atoms with E-state index in [9.17, 15) is 13.2 Å². The molecule has 0 saturated heterocycles. The molecule has 115 valence electrons. The van der Waals surface area contributed by atoms with Crippen LogP contribution in [-0.2, 0) is 0 Å². The highest BCUT2D eigenvalue weighted by atomic mass is 19.4. The molecule has 1 aromatic carbocycles. The molecule has 0 aliphatic heterocycles. The van der Waals surface area contributed by atoms with Crippen molar-refractivity contribution in [3.05, 3.63) is 35.7 Å². The number of alkyl halides is 3. The van der Waals surface area contributed by atoms with E-state index in [1.165, 1.54) is 18.1 Å². The fourth-order valence-corrected chi connectivity index (χ4v) is 3.70. The van der Waals surface area contributed by atoms with Crippen LogP contribution >= 0.6 is 0 Å². The van der Waals surface area contributed by atoms with Crippen LogP contribution in [0.1, 0.15) is 37.7 Å². The monoisotopic (exact) mass is 298 g/mol. The first kappa shape index (κ1) is 14.7. The van der Waals surface area contributed by atoms with E-state index in [4.69, 9.17) is 5.73 Å². The van der Waals surface area contributed by atoms with Crippen LogP contribution < -0.4 is 10.5 Å². The van der Waals surface area contributed by atoms with Crippen molar-refractivity contribution in [3.63, 3.8) is 0 Å². The molecule has 3 unspecified atom stereocenters. The summed E-state index contributed by atoms with van der Waals surface area (Å²) in [5, 5.41) is 0. The van der Waals surface area contributed by atoms with Crippen molar-refractivity contribution in [3.8, 4) is 5.75 Å². The van der Waals surface area contributed by atoms with Gasteiger partial charge < -0.3 is 10.5 Å². The van der Waals surface area contributed by atoms with E-state index in [0.717, 1.165) is 37.7 Å². The van der Waals surface area contributed by atoms with Gasteiger partial charge in [-0.1, -0.05) is 18.6 Å². The Morgan fingerprint density at radius 3 is 2.52 bits per heavy atom. The first-order valence-electron chi connectivity index (χ1n) is 7.41. The van der Waals surface area contributed by atoms with Gasteiger partial charge in [0.05, 0.1) is 0 Å². The minimum atomic E-state index is -4.64. The highest BCUT2D eigenvalue weighted by Gasteiger charge is 2.42. The Morgan fingerprint density at radius 2 is 1.95 bits per heavy atom. The Bertz CT molecular complexity index is 503. The van der Waals surface area contributed by atoms with Gasteiger partial charge in [-0.2, -0.15) is 0 Å². The molecule has 2 N–H and O–H groups in total. The maximum Gasteiger partial charge on any atom is 0.573 e. The van der Waals surface area contributed by atoms with E-state index in [1.54, 1.807) is 6.07 Å². The van der Waals surface area contributed by atoms with Crippen molar-refractivity contribution in [2.45, 2.75) is 44.5 Å². The Morgan fingerprint density at radius 1 is 1.14 bits per heavy atom. The third kappa shape index (κ3) is 3.18. The van der Waals surface area contributed by atoms with Gasteiger partial charge >= 0.3 is 6.36 Å². The summed E-state index contributed by atoms with van der Waals surface area (Å²) < 4.78 is 40.9. The first-order valence-corrected chi connectivity index (χ1v) is 7.41. The Kier molecular flexibility index (Phi) is 3.86. The van der Waals surface area contributed by atoms with Crippen LogP contribution in [0.5, 0.6) is 5.75 Å². The maximum absolute atomic E-state index is 12.3. The molecule has 2 fully saturated rings. The largest absolute Gasteiger partial charge is 0.573 e. The second-order valence-electron chi connectivity index (χ2n) is 6.00. The number of nitrogens with two attached hydrogens (primary N) is 1. The van der Waals surface area contributed by atoms with E-state index < -0.39 is 6.36 Å². The lowest BCUT2D eigenvalue weighted by molar-refractivity contribution is -0.274. The predicted molar refractivity (Wildman–Crippen MR) is 73.5 cm³/mol. The molecule has 21 heavy (non-hydrogen) atoms. The van der Waals surface area contributed by atoms with Crippen LogP contribution in [0.3, 0.4) is 0 Å². The lowest BCUT2D eigenvalue weighted by Gasteiger charge is -2.42. The molecule has 0 heterocycles. The van der Waals surface area contributed by atoms with Gasteiger partial charge in [0, 0.05) is 12.0 Å². The maximum atomic E-state index is 12.3. The topological polar surface area (TPSA) is 35.2 Å². The third-order valence-corrected chi connectivity index (χ3v) is 4.75. The van der Waals surface area contributed by atoms with Crippen LogP contribution in [0.2, 0.25) is 0 Å². The molecule has 2 aliphatic rings. The summed E-state index contributed by atoms with van der Waals surface area (Å²) in [6.07, 6.45) is 0.754. The Labute approximate surface area is 122 Å². The smallest absolute Gasteiger partial charge is 0.406 e. The zero-order valence-corrected chi connectivity index (χ0v) is 11.7. The van der Waals surface area contributed by atoms with Crippen molar-refractivity contribution >= 4 is 0 Å². The molecule has 3 atom stereocenters. The molecule has 1 aromatic rings. The van der Waals surface area contributed by atoms with Crippen molar-refractivity contribution in [1.29, 1.82) is 0 Å². The standard InChI is InChI=1S/C16H19F3NO/c17-16(18,19)21-11-4-1-3-10(9-11)12-7-8-13(12)14-5-2-6-15(14)20/h1,3-4,9,13-15H,2,5-8,20H2. The molecular formula is C16H19F3NO.